The van der Waals surface area contributed by atoms with Crippen molar-refractivity contribution in [3.8, 4) is 5.75 Å². The fourth-order valence-corrected chi connectivity index (χ4v) is 1.69. The molecule has 1 radical (unpaired) electrons. The van der Waals surface area contributed by atoms with Crippen LogP contribution in [0, 0.1) is 12.5 Å². The molecule has 1 heterocycles. The first-order chi connectivity index (χ1) is 7.86. The minimum atomic E-state index is -0.114. The minimum Gasteiger partial charge on any atom is -0.507 e. The SMILES string of the molecule is O=C1COc2cc[c-]cc2N1.[CH-]1CCCC1.[Y]. The van der Waals surface area contributed by atoms with Crippen molar-refractivity contribution in [3.63, 3.8) is 0 Å². The van der Waals surface area contributed by atoms with Crippen LogP contribution in [0.5, 0.6) is 5.75 Å². The van der Waals surface area contributed by atoms with Crippen molar-refractivity contribution >= 4 is 11.6 Å². The number of fused-ring (bicyclic) bond motifs is 1. The van der Waals surface area contributed by atoms with Crippen LogP contribution in [-0.2, 0) is 37.5 Å². The number of rotatable bonds is 0. The Balaban J connectivity index is 0.000000205. The molecule has 0 spiro atoms. The molecule has 3 nitrogen and oxygen atoms in total. The maximum Gasteiger partial charge on any atom is 0.251 e. The van der Waals surface area contributed by atoms with Crippen LogP contribution >= 0.6 is 0 Å². The predicted octanol–water partition coefficient (Wildman–Crippen LogP) is 2.58. The number of hydrogen-bond acceptors (Lipinski definition) is 2. The summed E-state index contributed by atoms with van der Waals surface area (Å²) in [6.45, 7) is 0.108. The molecule has 1 aliphatic carbocycles. The third-order valence-electron chi connectivity index (χ3n) is 2.52. The number of carbonyl (C=O) groups excluding carboxylic acids is 1. The van der Waals surface area contributed by atoms with Crippen LogP contribution in [0.3, 0.4) is 0 Å². The molecule has 17 heavy (non-hydrogen) atoms. The molecule has 4 heteroatoms. The molecule has 2 aliphatic rings. The van der Waals surface area contributed by atoms with Gasteiger partial charge in [-0.1, -0.05) is 12.8 Å². The fraction of sp³-hybridized carbons (Fsp3) is 0.385. The maximum atomic E-state index is 10.8. The number of nitrogens with one attached hydrogen (secondary N) is 1. The molecular formula is C13H15NO2Y-2. The molecule has 0 saturated heterocycles. The van der Waals surface area contributed by atoms with Crippen LogP contribution in [-0.4, -0.2) is 12.5 Å². The molecule has 1 N–H and O–H groups in total. The number of ether oxygens (including phenoxy) is 1. The summed E-state index contributed by atoms with van der Waals surface area (Å²) in [5.41, 5.74) is 0.698. The Hall–Kier alpha value is -0.406. The second-order valence-electron chi connectivity index (χ2n) is 3.83. The molecule has 3 rings (SSSR count). The fourth-order valence-electron chi connectivity index (χ4n) is 1.69. The van der Waals surface area contributed by atoms with E-state index in [-0.39, 0.29) is 45.2 Å². The van der Waals surface area contributed by atoms with Crippen molar-refractivity contribution in [2.75, 3.05) is 11.9 Å². The molecule has 0 aromatic heterocycles. The van der Waals surface area contributed by atoms with E-state index in [1.54, 1.807) is 18.2 Å². The molecule has 1 fully saturated rings. The first kappa shape index (κ1) is 14.7. The first-order valence-corrected chi connectivity index (χ1v) is 5.61. The molecule has 1 amide bonds. The summed E-state index contributed by atoms with van der Waals surface area (Å²) in [6, 6.07) is 8.05. The zero-order chi connectivity index (χ0) is 11.2. The van der Waals surface area contributed by atoms with Gasteiger partial charge >= 0.3 is 0 Å². The van der Waals surface area contributed by atoms with E-state index in [0.717, 1.165) is 0 Å². The van der Waals surface area contributed by atoms with Gasteiger partial charge in [0.15, 0.2) is 6.61 Å². The van der Waals surface area contributed by atoms with E-state index in [0.29, 0.717) is 11.4 Å². The summed E-state index contributed by atoms with van der Waals surface area (Å²) in [7, 11) is 0. The number of hydrogen-bond donors (Lipinski definition) is 1. The van der Waals surface area contributed by atoms with Crippen LogP contribution in [0.1, 0.15) is 25.7 Å². The normalized spacial score (nSPS) is 16.6. The van der Waals surface area contributed by atoms with Crippen molar-refractivity contribution < 1.29 is 42.2 Å². The van der Waals surface area contributed by atoms with Crippen molar-refractivity contribution in [1.29, 1.82) is 0 Å². The van der Waals surface area contributed by atoms with E-state index in [2.05, 4.69) is 17.8 Å². The van der Waals surface area contributed by atoms with E-state index < -0.39 is 0 Å². The first-order valence-electron chi connectivity index (χ1n) is 5.61. The maximum absolute atomic E-state index is 10.8. The van der Waals surface area contributed by atoms with Gasteiger partial charge in [0.1, 0.15) is 0 Å². The Morgan fingerprint density at radius 2 is 2.12 bits per heavy atom. The predicted molar refractivity (Wildman–Crippen MR) is 62.2 cm³/mol. The molecule has 1 aliphatic heterocycles. The van der Waals surface area contributed by atoms with E-state index >= 15 is 0 Å². The van der Waals surface area contributed by atoms with E-state index in [9.17, 15) is 4.79 Å². The summed E-state index contributed by atoms with van der Waals surface area (Å²) in [5.74, 6) is 0.598. The number of anilines is 1. The molecular weight excluding hydrogens is 291 g/mol. The van der Waals surface area contributed by atoms with E-state index in [1.807, 2.05) is 0 Å². The van der Waals surface area contributed by atoms with Crippen LogP contribution in [0.4, 0.5) is 5.69 Å². The molecule has 1 aromatic carbocycles. The Bertz CT molecular complexity index is 357. The standard InChI is InChI=1S/C8H6NO2.C5H9.Y/c10-8-5-11-7-4-2-1-3-6(7)9-8;1-2-4-5-3-1;/h2-4H,5H2,(H,9,10);1H,2-5H2;/q2*-1;. The van der Waals surface area contributed by atoms with Crippen LogP contribution < -0.4 is 10.1 Å². The average Bonchev–Trinajstić information content (AvgIpc) is 2.87. The van der Waals surface area contributed by atoms with Gasteiger partial charge in [-0.2, -0.15) is 31.0 Å². The summed E-state index contributed by atoms with van der Waals surface area (Å²) in [6.07, 6.45) is 8.00. The zero-order valence-corrected chi connectivity index (χ0v) is 12.6. The van der Waals surface area contributed by atoms with Crippen LogP contribution in [0.15, 0.2) is 18.2 Å². The van der Waals surface area contributed by atoms with Gasteiger partial charge in [-0.05, 0) is 5.69 Å². The molecule has 0 unspecified atom stereocenters. The summed E-state index contributed by atoms with van der Waals surface area (Å²) >= 11 is 0. The van der Waals surface area contributed by atoms with Gasteiger partial charge in [0, 0.05) is 38.5 Å². The van der Waals surface area contributed by atoms with Crippen molar-refractivity contribution in [3.05, 3.63) is 30.7 Å². The molecule has 0 atom stereocenters. The van der Waals surface area contributed by atoms with E-state index in [4.69, 9.17) is 4.74 Å². The minimum absolute atomic E-state index is 0. The Kier molecular flexibility index (Phi) is 6.75. The zero-order valence-electron chi connectivity index (χ0n) is 9.74. The topological polar surface area (TPSA) is 38.3 Å². The molecule has 1 saturated carbocycles. The molecule has 1 aromatic rings. The van der Waals surface area contributed by atoms with E-state index in [1.165, 1.54) is 25.7 Å². The number of carbonyl (C=O) groups is 1. The summed E-state index contributed by atoms with van der Waals surface area (Å²) in [4.78, 5) is 10.8. The Morgan fingerprint density at radius 3 is 2.76 bits per heavy atom. The quantitative estimate of drug-likeness (QED) is 0.748. The third kappa shape index (κ3) is 4.76. The molecule has 0 bridgehead atoms. The molecule has 89 valence electrons. The monoisotopic (exact) mass is 306 g/mol. The number of benzene rings is 1. The van der Waals surface area contributed by atoms with Gasteiger partial charge in [0.25, 0.3) is 5.91 Å². The summed E-state index contributed by atoms with van der Waals surface area (Å²) in [5, 5.41) is 2.66. The second-order valence-corrected chi connectivity index (χ2v) is 3.83. The van der Waals surface area contributed by atoms with Crippen molar-refractivity contribution in [2.24, 2.45) is 0 Å². The largest absolute Gasteiger partial charge is 0.507 e. The van der Waals surface area contributed by atoms with Gasteiger partial charge in [-0.3, -0.25) is 4.79 Å². The third-order valence-corrected chi connectivity index (χ3v) is 2.52. The second kappa shape index (κ2) is 7.83. The van der Waals surface area contributed by atoms with Crippen molar-refractivity contribution in [2.45, 2.75) is 25.7 Å². The van der Waals surface area contributed by atoms with Gasteiger partial charge in [0.05, 0.1) is 0 Å². The summed E-state index contributed by atoms with van der Waals surface area (Å²) < 4.78 is 5.10. The Labute approximate surface area is 127 Å². The number of amides is 1. The smallest absolute Gasteiger partial charge is 0.251 e. The average molecular weight is 306 g/mol. The van der Waals surface area contributed by atoms with Gasteiger partial charge in [-0.25, -0.2) is 0 Å². The van der Waals surface area contributed by atoms with Crippen molar-refractivity contribution in [1.82, 2.24) is 0 Å². The van der Waals surface area contributed by atoms with Gasteiger partial charge < -0.3 is 16.5 Å². The van der Waals surface area contributed by atoms with Gasteiger partial charge in [-0.15, -0.1) is 6.07 Å². The van der Waals surface area contributed by atoms with Gasteiger partial charge in [0.2, 0.25) is 0 Å². The Morgan fingerprint density at radius 1 is 1.35 bits per heavy atom. The van der Waals surface area contributed by atoms with Crippen LogP contribution in [0.2, 0.25) is 0 Å². The van der Waals surface area contributed by atoms with Crippen LogP contribution in [0.25, 0.3) is 0 Å².